The van der Waals surface area contributed by atoms with Crippen LogP contribution in [0.2, 0.25) is 5.02 Å². The first kappa shape index (κ1) is 13.1. The van der Waals surface area contributed by atoms with Gasteiger partial charge in [-0.2, -0.15) is 0 Å². The first-order valence-corrected chi connectivity index (χ1v) is 6.35. The molecule has 0 fully saturated rings. The molecule has 92 valence electrons. The van der Waals surface area contributed by atoms with E-state index in [1.807, 2.05) is 18.2 Å². The van der Waals surface area contributed by atoms with Crippen molar-refractivity contribution in [2.24, 2.45) is 0 Å². The average Bonchev–Trinajstić information content (AvgIpc) is 2.31. The zero-order valence-corrected chi connectivity index (χ0v) is 11.8. The van der Waals surface area contributed by atoms with E-state index in [0.717, 1.165) is 3.57 Å². The second-order valence-corrected chi connectivity index (χ2v) is 5.00. The highest BCUT2D eigenvalue weighted by Gasteiger charge is 2.12. The Kier molecular flexibility index (Phi) is 4.03. The summed E-state index contributed by atoms with van der Waals surface area (Å²) in [6.45, 7) is 0. The Morgan fingerprint density at radius 2 is 2.11 bits per heavy atom. The number of hydrogen-bond acceptors (Lipinski definition) is 3. The topological polar surface area (TPSA) is 59.4 Å². The number of aromatic nitrogens is 1. The summed E-state index contributed by atoms with van der Waals surface area (Å²) in [5.41, 5.74) is -0.222. The van der Waals surface area contributed by atoms with Crippen LogP contribution in [0.4, 0.5) is 0 Å². The molecule has 1 aromatic carbocycles. The van der Waals surface area contributed by atoms with Gasteiger partial charge >= 0.3 is 5.97 Å². The van der Waals surface area contributed by atoms with Gasteiger partial charge in [0.15, 0.2) is 5.69 Å². The number of carboxylic acids is 1. The maximum Gasteiger partial charge on any atom is 0.356 e. The minimum absolute atomic E-state index is 0.0810. The molecule has 2 rings (SSSR count). The summed E-state index contributed by atoms with van der Waals surface area (Å²) < 4.78 is 6.48. The maximum atomic E-state index is 10.9. The summed E-state index contributed by atoms with van der Waals surface area (Å²) in [6.07, 6.45) is 0. The molecule has 0 unspecified atom stereocenters. The molecule has 1 N–H and O–H groups in total. The van der Waals surface area contributed by atoms with Crippen LogP contribution in [0.3, 0.4) is 0 Å². The SMILES string of the molecule is O=C(O)c1nc(Oc2cccc(I)c2)ccc1Cl. The lowest BCUT2D eigenvalue weighted by molar-refractivity contribution is 0.0690. The monoisotopic (exact) mass is 375 g/mol. The summed E-state index contributed by atoms with van der Waals surface area (Å²) in [4.78, 5) is 14.7. The third-order valence-corrected chi connectivity index (χ3v) is 3.02. The Morgan fingerprint density at radius 1 is 1.33 bits per heavy atom. The molecule has 18 heavy (non-hydrogen) atoms. The number of rotatable bonds is 3. The Bertz CT molecular complexity index is 604. The van der Waals surface area contributed by atoms with E-state index < -0.39 is 5.97 Å². The lowest BCUT2D eigenvalue weighted by atomic mass is 10.3. The van der Waals surface area contributed by atoms with Gasteiger partial charge in [0, 0.05) is 9.64 Å². The molecule has 0 spiro atoms. The van der Waals surface area contributed by atoms with Crippen LogP contribution in [0.15, 0.2) is 36.4 Å². The third-order valence-electron chi connectivity index (χ3n) is 2.04. The highest BCUT2D eigenvalue weighted by Crippen LogP contribution is 2.24. The van der Waals surface area contributed by atoms with Crippen molar-refractivity contribution in [2.75, 3.05) is 0 Å². The van der Waals surface area contributed by atoms with Gasteiger partial charge in [0.05, 0.1) is 5.02 Å². The number of hydrogen-bond donors (Lipinski definition) is 1. The smallest absolute Gasteiger partial charge is 0.356 e. The predicted octanol–water partition coefficient (Wildman–Crippen LogP) is 3.83. The number of carboxylic acid groups (broad SMARTS) is 1. The van der Waals surface area contributed by atoms with E-state index in [1.165, 1.54) is 12.1 Å². The highest BCUT2D eigenvalue weighted by atomic mass is 127. The van der Waals surface area contributed by atoms with Gasteiger partial charge in [0.25, 0.3) is 0 Å². The fourth-order valence-electron chi connectivity index (χ4n) is 1.28. The minimum Gasteiger partial charge on any atom is -0.476 e. The molecule has 0 amide bonds. The summed E-state index contributed by atoms with van der Waals surface area (Å²) in [5, 5.41) is 8.98. The van der Waals surface area contributed by atoms with Gasteiger partial charge in [0.2, 0.25) is 5.88 Å². The molecular formula is C12H7ClINO3. The molecule has 0 aliphatic heterocycles. The molecular weight excluding hydrogens is 368 g/mol. The number of nitrogens with zero attached hydrogens (tertiary/aromatic N) is 1. The van der Waals surface area contributed by atoms with Crippen molar-refractivity contribution in [1.82, 2.24) is 4.98 Å². The van der Waals surface area contributed by atoms with E-state index in [4.69, 9.17) is 21.4 Å². The van der Waals surface area contributed by atoms with Crippen molar-refractivity contribution in [3.05, 3.63) is 50.7 Å². The number of carbonyl (C=O) groups is 1. The summed E-state index contributed by atoms with van der Waals surface area (Å²) in [5.74, 6) is -0.403. The Balaban J connectivity index is 2.30. The van der Waals surface area contributed by atoms with Crippen LogP contribution < -0.4 is 4.74 Å². The van der Waals surface area contributed by atoms with Gasteiger partial charge in [-0.25, -0.2) is 9.78 Å². The lowest BCUT2D eigenvalue weighted by Crippen LogP contribution is -2.02. The van der Waals surface area contributed by atoms with Gasteiger partial charge in [-0.05, 0) is 46.9 Å². The van der Waals surface area contributed by atoms with Crippen LogP contribution in [0.25, 0.3) is 0 Å². The molecule has 6 heteroatoms. The summed E-state index contributed by atoms with van der Waals surface area (Å²) >= 11 is 7.87. The molecule has 0 saturated carbocycles. The first-order chi connectivity index (χ1) is 8.56. The van der Waals surface area contributed by atoms with E-state index >= 15 is 0 Å². The number of ether oxygens (including phenoxy) is 1. The zero-order valence-electron chi connectivity index (χ0n) is 8.93. The van der Waals surface area contributed by atoms with Crippen molar-refractivity contribution in [2.45, 2.75) is 0 Å². The predicted molar refractivity (Wildman–Crippen MR) is 75.4 cm³/mol. The van der Waals surface area contributed by atoms with Crippen LogP contribution in [-0.4, -0.2) is 16.1 Å². The van der Waals surface area contributed by atoms with Crippen molar-refractivity contribution in [3.8, 4) is 11.6 Å². The van der Waals surface area contributed by atoms with Crippen molar-refractivity contribution in [1.29, 1.82) is 0 Å². The number of halogens is 2. The van der Waals surface area contributed by atoms with E-state index in [9.17, 15) is 4.79 Å². The Labute approximate surface area is 122 Å². The number of aromatic carboxylic acids is 1. The molecule has 0 saturated heterocycles. The van der Waals surface area contributed by atoms with Crippen LogP contribution in [0.5, 0.6) is 11.6 Å². The van der Waals surface area contributed by atoms with Crippen LogP contribution >= 0.6 is 34.2 Å². The standard InChI is InChI=1S/C12H7ClINO3/c13-9-4-5-10(15-11(9)12(16)17)18-8-3-1-2-7(14)6-8/h1-6H,(H,16,17). The molecule has 0 radical (unpaired) electrons. The van der Waals surface area contributed by atoms with E-state index in [2.05, 4.69) is 27.6 Å². The second-order valence-electron chi connectivity index (χ2n) is 3.34. The van der Waals surface area contributed by atoms with E-state index in [-0.39, 0.29) is 16.6 Å². The molecule has 2 aromatic rings. The third kappa shape index (κ3) is 3.11. The average molecular weight is 376 g/mol. The lowest BCUT2D eigenvalue weighted by Gasteiger charge is -2.06. The molecule has 1 heterocycles. The summed E-state index contributed by atoms with van der Waals surface area (Å²) in [7, 11) is 0. The van der Waals surface area contributed by atoms with Crippen molar-refractivity contribution < 1.29 is 14.6 Å². The Morgan fingerprint density at radius 3 is 2.78 bits per heavy atom. The summed E-state index contributed by atoms with van der Waals surface area (Å²) in [6, 6.07) is 10.3. The second kappa shape index (κ2) is 5.53. The largest absolute Gasteiger partial charge is 0.476 e. The van der Waals surface area contributed by atoms with Gasteiger partial charge in [-0.3, -0.25) is 0 Å². The van der Waals surface area contributed by atoms with Crippen LogP contribution in [0, 0.1) is 3.57 Å². The molecule has 0 aliphatic carbocycles. The van der Waals surface area contributed by atoms with Gasteiger partial charge in [-0.1, -0.05) is 17.7 Å². The normalized spacial score (nSPS) is 10.1. The molecule has 1 aromatic heterocycles. The molecule has 0 bridgehead atoms. The molecule has 0 atom stereocenters. The highest BCUT2D eigenvalue weighted by molar-refractivity contribution is 14.1. The number of pyridine rings is 1. The molecule has 4 nitrogen and oxygen atoms in total. The zero-order chi connectivity index (χ0) is 13.1. The van der Waals surface area contributed by atoms with E-state index in [1.54, 1.807) is 6.07 Å². The molecule has 0 aliphatic rings. The Hall–Kier alpha value is -1.34. The van der Waals surface area contributed by atoms with Crippen molar-refractivity contribution in [3.63, 3.8) is 0 Å². The van der Waals surface area contributed by atoms with Crippen LogP contribution in [0.1, 0.15) is 10.5 Å². The fraction of sp³-hybridized carbons (Fsp3) is 0. The minimum atomic E-state index is -1.19. The quantitative estimate of drug-likeness (QED) is 0.828. The van der Waals surface area contributed by atoms with Gasteiger partial charge in [0.1, 0.15) is 5.75 Å². The van der Waals surface area contributed by atoms with Crippen molar-refractivity contribution >= 4 is 40.2 Å². The fourth-order valence-corrected chi connectivity index (χ4v) is 1.98. The van der Waals surface area contributed by atoms with E-state index in [0.29, 0.717) is 5.75 Å². The maximum absolute atomic E-state index is 10.9. The van der Waals surface area contributed by atoms with Crippen LogP contribution in [-0.2, 0) is 0 Å². The van der Waals surface area contributed by atoms with Gasteiger partial charge in [-0.15, -0.1) is 0 Å². The first-order valence-electron chi connectivity index (χ1n) is 4.89. The number of benzene rings is 1. The van der Waals surface area contributed by atoms with Gasteiger partial charge < -0.3 is 9.84 Å².